The van der Waals surface area contributed by atoms with Gasteiger partial charge in [-0.3, -0.25) is 0 Å². The second-order valence-corrected chi connectivity index (χ2v) is 7.18. The fourth-order valence-corrected chi connectivity index (χ4v) is 4.28. The van der Waals surface area contributed by atoms with Crippen molar-refractivity contribution in [3.05, 3.63) is 78.6 Å². The number of imidazole rings is 1. The highest BCUT2D eigenvalue weighted by molar-refractivity contribution is 5.55. The lowest BCUT2D eigenvalue weighted by Crippen LogP contribution is -2.21. The van der Waals surface area contributed by atoms with Crippen molar-refractivity contribution >= 4 is 0 Å². The summed E-state index contributed by atoms with van der Waals surface area (Å²) in [5.74, 6) is 2.43. The average Bonchev–Trinajstić information content (AvgIpc) is 3.16. The van der Waals surface area contributed by atoms with Gasteiger partial charge in [0.25, 0.3) is 0 Å². The minimum absolute atomic E-state index is 0.568. The van der Waals surface area contributed by atoms with Gasteiger partial charge in [-0.25, -0.2) is 4.98 Å². The highest BCUT2D eigenvalue weighted by Gasteiger charge is 2.26. The Morgan fingerprint density at radius 2 is 1.56 bits per heavy atom. The molecule has 0 N–H and O–H groups in total. The van der Waals surface area contributed by atoms with Crippen LogP contribution in [-0.4, -0.2) is 9.55 Å². The monoisotopic (exact) mass is 330 g/mol. The van der Waals surface area contributed by atoms with Gasteiger partial charge in [0.1, 0.15) is 5.82 Å². The van der Waals surface area contributed by atoms with Gasteiger partial charge in [-0.05, 0) is 24.3 Å². The van der Waals surface area contributed by atoms with E-state index < -0.39 is 0 Å². The average molecular weight is 330 g/mol. The third-order valence-corrected chi connectivity index (χ3v) is 5.59. The molecule has 0 radical (unpaired) electrons. The van der Waals surface area contributed by atoms with Gasteiger partial charge in [0.2, 0.25) is 0 Å². The van der Waals surface area contributed by atoms with Crippen molar-refractivity contribution in [1.82, 2.24) is 9.55 Å². The molecule has 2 aromatic carbocycles. The summed E-state index contributed by atoms with van der Waals surface area (Å²) in [6.07, 6.45) is 10.9. The fraction of sp³-hybridized carbons (Fsp3) is 0.348. The number of hydrogen-bond acceptors (Lipinski definition) is 1. The first-order valence-corrected chi connectivity index (χ1v) is 9.53. The number of aromatic nitrogens is 2. The molecule has 2 heteroatoms. The standard InChI is InChI=1S/C23H26N2/c1-4-10-19(11-5-1)22(20-12-6-2-7-13-20)18-25-17-16-24-23(25)21-14-8-3-9-15-21/h1,3-5,8-11,14-17,20,22H,2,6-7,12-13,18H2. The molecule has 2 nitrogen and oxygen atoms in total. The molecule has 0 spiro atoms. The first-order chi connectivity index (χ1) is 12.4. The van der Waals surface area contributed by atoms with E-state index in [-0.39, 0.29) is 0 Å². The lowest BCUT2D eigenvalue weighted by molar-refractivity contribution is 0.284. The lowest BCUT2D eigenvalue weighted by Gasteiger charge is -2.31. The van der Waals surface area contributed by atoms with E-state index in [1.165, 1.54) is 43.2 Å². The molecule has 128 valence electrons. The van der Waals surface area contributed by atoms with Crippen LogP contribution in [0.1, 0.15) is 43.6 Å². The van der Waals surface area contributed by atoms with E-state index in [4.69, 9.17) is 0 Å². The molecule has 25 heavy (non-hydrogen) atoms. The maximum Gasteiger partial charge on any atom is 0.139 e. The van der Waals surface area contributed by atoms with Crippen molar-refractivity contribution in [2.24, 2.45) is 5.92 Å². The van der Waals surface area contributed by atoms with E-state index in [0.717, 1.165) is 18.3 Å². The number of hydrogen-bond donors (Lipinski definition) is 0. The largest absolute Gasteiger partial charge is 0.330 e. The van der Waals surface area contributed by atoms with E-state index in [1.807, 2.05) is 6.20 Å². The van der Waals surface area contributed by atoms with Gasteiger partial charge >= 0.3 is 0 Å². The molecule has 1 heterocycles. The van der Waals surface area contributed by atoms with Crippen molar-refractivity contribution in [3.8, 4) is 11.4 Å². The van der Waals surface area contributed by atoms with Crippen LogP contribution in [0.2, 0.25) is 0 Å². The van der Waals surface area contributed by atoms with Gasteiger partial charge in [0, 0.05) is 30.4 Å². The summed E-state index contributed by atoms with van der Waals surface area (Å²) in [5, 5.41) is 0. The van der Waals surface area contributed by atoms with E-state index in [9.17, 15) is 0 Å². The van der Waals surface area contributed by atoms with Crippen LogP contribution in [0.4, 0.5) is 0 Å². The first-order valence-electron chi connectivity index (χ1n) is 9.53. The minimum Gasteiger partial charge on any atom is -0.330 e. The van der Waals surface area contributed by atoms with Crippen molar-refractivity contribution in [2.75, 3.05) is 0 Å². The molecule has 1 unspecified atom stereocenters. The van der Waals surface area contributed by atoms with Gasteiger partial charge in [-0.15, -0.1) is 0 Å². The number of rotatable bonds is 5. The van der Waals surface area contributed by atoms with Crippen LogP contribution in [0.25, 0.3) is 11.4 Å². The molecule has 0 saturated heterocycles. The topological polar surface area (TPSA) is 17.8 Å². The zero-order valence-electron chi connectivity index (χ0n) is 14.7. The molecule has 1 aliphatic rings. The maximum atomic E-state index is 4.64. The summed E-state index contributed by atoms with van der Waals surface area (Å²) in [6, 6.07) is 21.6. The van der Waals surface area contributed by atoms with Crippen LogP contribution in [-0.2, 0) is 6.54 Å². The molecule has 4 rings (SSSR count). The van der Waals surface area contributed by atoms with Crippen molar-refractivity contribution in [1.29, 1.82) is 0 Å². The Morgan fingerprint density at radius 1 is 0.880 bits per heavy atom. The lowest BCUT2D eigenvalue weighted by atomic mass is 9.76. The quantitative estimate of drug-likeness (QED) is 0.568. The van der Waals surface area contributed by atoms with Crippen molar-refractivity contribution < 1.29 is 0 Å². The summed E-state index contributed by atoms with van der Waals surface area (Å²) in [4.78, 5) is 4.64. The molecular formula is C23H26N2. The molecule has 0 amide bonds. The predicted molar refractivity (Wildman–Crippen MR) is 103 cm³/mol. The molecule has 1 aromatic heterocycles. The van der Waals surface area contributed by atoms with Crippen LogP contribution in [0.5, 0.6) is 0 Å². The molecule has 1 atom stereocenters. The molecular weight excluding hydrogens is 304 g/mol. The van der Waals surface area contributed by atoms with E-state index >= 15 is 0 Å². The van der Waals surface area contributed by atoms with E-state index in [0.29, 0.717) is 5.92 Å². The highest BCUT2D eigenvalue weighted by atomic mass is 15.1. The molecule has 0 aliphatic heterocycles. The third-order valence-electron chi connectivity index (χ3n) is 5.59. The maximum absolute atomic E-state index is 4.64. The number of benzene rings is 2. The molecule has 3 aromatic rings. The summed E-state index contributed by atoms with van der Waals surface area (Å²) in [5.41, 5.74) is 2.67. The molecule has 1 saturated carbocycles. The normalized spacial score (nSPS) is 16.6. The SMILES string of the molecule is c1ccc(-c2nccn2CC(c2ccccc2)C2CCCCC2)cc1. The van der Waals surface area contributed by atoms with E-state index in [1.54, 1.807) is 0 Å². The minimum atomic E-state index is 0.568. The Hall–Kier alpha value is -2.35. The zero-order valence-corrected chi connectivity index (χ0v) is 14.7. The summed E-state index contributed by atoms with van der Waals surface area (Å²) in [7, 11) is 0. The molecule has 1 aliphatic carbocycles. The molecule has 0 bridgehead atoms. The van der Waals surface area contributed by atoms with Gasteiger partial charge in [0.15, 0.2) is 0 Å². The Kier molecular flexibility index (Phi) is 4.96. The van der Waals surface area contributed by atoms with Crippen LogP contribution >= 0.6 is 0 Å². The Labute approximate surface area is 150 Å². The van der Waals surface area contributed by atoms with Crippen molar-refractivity contribution in [3.63, 3.8) is 0 Å². The molecule has 1 fully saturated rings. The van der Waals surface area contributed by atoms with Crippen LogP contribution in [0.3, 0.4) is 0 Å². The highest BCUT2D eigenvalue weighted by Crippen LogP contribution is 2.37. The van der Waals surface area contributed by atoms with Crippen LogP contribution < -0.4 is 0 Å². The van der Waals surface area contributed by atoms with E-state index in [2.05, 4.69) is 76.4 Å². The Balaban J connectivity index is 1.64. The van der Waals surface area contributed by atoms with Crippen LogP contribution in [0, 0.1) is 5.92 Å². The van der Waals surface area contributed by atoms with Gasteiger partial charge in [-0.1, -0.05) is 79.9 Å². The summed E-state index contributed by atoms with van der Waals surface area (Å²) in [6.45, 7) is 1.01. The van der Waals surface area contributed by atoms with Gasteiger partial charge in [0.05, 0.1) is 0 Å². The van der Waals surface area contributed by atoms with Gasteiger partial charge in [-0.2, -0.15) is 0 Å². The summed E-state index contributed by atoms with van der Waals surface area (Å²) < 4.78 is 2.35. The predicted octanol–water partition coefficient (Wildman–Crippen LogP) is 5.91. The van der Waals surface area contributed by atoms with Gasteiger partial charge < -0.3 is 4.57 Å². The number of nitrogens with zero attached hydrogens (tertiary/aromatic N) is 2. The van der Waals surface area contributed by atoms with Crippen molar-refractivity contribution in [2.45, 2.75) is 44.6 Å². The first kappa shape index (κ1) is 16.1. The Bertz CT molecular complexity index is 770. The fourth-order valence-electron chi connectivity index (χ4n) is 4.28. The third kappa shape index (κ3) is 3.68. The smallest absolute Gasteiger partial charge is 0.139 e. The summed E-state index contributed by atoms with van der Waals surface area (Å²) >= 11 is 0. The second kappa shape index (κ2) is 7.69. The van der Waals surface area contributed by atoms with Crippen LogP contribution in [0.15, 0.2) is 73.1 Å². The Morgan fingerprint density at radius 3 is 2.28 bits per heavy atom. The second-order valence-electron chi connectivity index (χ2n) is 7.18. The zero-order chi connectivity index (χ0) is 16.9.